The maximum atomic E-state index is 3.83. The molecule has 0 rings (SSSR count). The van der Waals surface area contributed by atoms with E-state index in [1.54, 1.807) is 5.98 Å². The monoisotopic (exact) mass is 174 g/mol. The molecule has 0 bridgehead atoms. The van der Waals surface area contributed by atoms with Gasteiger partial charge in [-0.3, -0.25) is 0 Å². The molecule has 0 saturated heterocycles. The molecule has 0 aromatic carbocycles. The Bertz CT molecular complexity index is 232. The van der Waals surface area contributed by atoms with Crippen molar-refractivity contribution in [2.75, 3.05) is 0 Å². The summed E-state index contributed by atoms with van der Waals surface area (Å²) in [5.41, 5.74) is 1.49. The molecule has 0 unspecified atom stereocenters. The summed E-state index contributed by atoms with van der Waals surface area (Å²) in [5.74, 6) is 3.78. The molecule has 0 radical (unpaired) electrons. The van der Waals surface area contributed by atoms with Crippen LogP contribution in [0.15, 0.2) is 36.9 Å². The summed E-state index contributed by atoms with van der Waals surface area (Å²) in [5, 5.41) is 0. The molecule has 0 heterocycles. The van der Waals surface area contributed by atoms with Crippen LogP contribution in [0.1, 0.15) is 27.2 Å². The fourth-order valence-corrected chi connectivity index (χ4v) is 1.01. The molecule has 0 aromatic rings. The molecule has 0 aromatic heterocycles. The molecule has 0 nitrogen and oxygen atoms in total. The Labute approximate surface area is 83.0 Å². The Balaban J connectivity index is 4.68. The molecule has 1 heteroatoms. The van der Waals surface area contributed by atoms with Gasteiger partial charge in [-0.1, -0.05) is 0 Å². The first-order valence-electron chi connectivity index (χ1n) is 4.70. The predicted octanol–water partition coefficient (Wildman–Crippen LogP) is 3.18. The Hall–Kier alpha value is -0.845. The minimum atomic E-state index is 0.216. The molecule has 0 atom stereocenters. The quantitative estimate of drug-likeness (QED) is 0.443. The van der Waals surface area contributed by atoms with Gasteiger partial charge in [0.15, 0.2) is 0 Å². The van der Waals surface area contributed by atoms with E-state index >= 15 is 0 Å². The van der Waals surface area contributed by atoms with Gasteiger partial charge in [0.05, 0.1) is 0 Å². The molecule has 0 aliphatic carbocycles. The SMILES string of the molecule is C=C/B=C\C=C(/C=C)C(C)(C)CC. The van der Waals surface area contributed by atoms with Gasteiger partial charge >= 0.3 is 82.4 Å². The number of rotatable bonds is 5. The third kappa shape index (κ3) is 4.07. The molecule has 0 N–H and O–H groups in total. The normalized spacial score (nSPS) is 12.7. The third-order valence-electron chi connectivity index (χ3n) is 2.41. The van der Waals surface area contributed by atoms with Crippen LogP contribution in [0, 0.1) is 5.41 Å². The van der Waals surface area contributed by atoms with Gasteiger partial charge in [-0.25, -0.2) is 0 Å². The van der Waals surface area contributed by atoms with Crippen molar-refractivity contribution in [2.45, 2.75) is 27.2 Å². The van der Waals surface area contributed by atoms with Crippen molar-refractivity contribution in [3.8, 4) is 0 Å². The average molecular weight is 174 g/mol. The molecule has 0 aliphatic heterocycles. The van der Waals surface area contributed by atoms with Gasteiger partial charge < -0.3 is 0 Å². The van der Waals surface area contributed by atoms with Crippen LogP contribution >= 0.6 is 0 Å². The second kappa shape index (κ2) is 5.74. The topological polar surface area (TPSA) is 0 Å². The summed E-state index contributed by atoms with van der Waals surface area (Å²) in [4.78, 5) is 0. The fourth-order valence-electron chi connectivity index (χ4n) is 1.01. The van der Waals surface area contributed by atoms with Gasteiger partial charge in [0.25, 0.3) is 0 Å². The van der Waals surface area contributed by atoms with E-state index in [2.05, 4.69) is 40.0 Å². The van der Waals surface area contributed by atoms with Crippen molar-refractivity contribution in [1.82, 2.24) is 0 Å². The van der Waals surface area contributed by atoms with E-state index < -0.39 is 0 Å². The molecule has 70 valence electrons. The standard InChI is InChI=1S/C12H19B/c1-6-11(9-10-13-8-3)12(4,5)7-2/h6,8-10H,1,3,7H2,2,4-5H3/b11-9+. The van der Waals surface area contributed by atoms with Gasteiger partial charge in [0, 0.05) is 0 Å². The molecule has 0 amide bonds. The fraction of sp³-hybridized carbons (Fsp3) is 0.417. The van der Waals surface area contributed by atoms with E-state index in [4.69, 9.17) is 0 Å². The van der Waals surface area contributed by atoms with Crippen LogP contribution in [-0.2, 0) is 0 Å². The second-order valence-electron chi connectivity index (χ2n) is 3.68. The van der Waals surface area contributed by atoms with Gasteiger partial charge in [-0.15, -0.1) is 0 Å². The van der Waals surface area contributed by atoms with Crippen LogP contribution in [0.4, 0.5) is 0 Å². The van der Waals surface area contributed by atoms with Crippen molar-refractivity contribution in [2.24, 2.45) is 5.41 Å². The van der Waals surface area contributed by atoms with E-state index in [9.17, 15) is 0 Å². The third-order valence-corrected chi connectivity index (χ3v) is 2.41. The van der Waals surface area contributed by atoms with Crippen molar-refractivity contribution in [3.63, 3.8) is 0 Å². The summed E-state index contributed by atoms with van der Waals surface area (Å²) in [6, 6.07) is 0. The van der Waals surface area contributed by atoms with Gasteiger partial charge in [-0.2, -0.15) is 0 Å². The van der Waals surface area contributed by atoms with Crippen LogP contribution in [0.2, 0.25) is 0 Å². The minimum absolute atomic E-state index is 0.216. The van der Waals surface area contributed by atoms with Crippen molar-refractivity contribution >= 4 is 12.9 Å². The zero-order chi connectivity index (χ0) is 10.3. The Morgan fingerprint density at radius 1 is 1.38 bits per heavy atom. The molecule has 13 heavy (non-hydrogen) atoms. The van der Waals surface area contributed by atoms with E-state index in [0.29, 0.717) is 0 Å². The second-order valence-corrected chi connectivity index (χ2v) is 3.68. The first-order valence-corrected chi connectivity index (χ1v) is 4.70. The molecule has 0 spiro atoms. The summed E-state index contributed by atoms with van der Waals surface area (Å²) in [6.07, 6.45) is 5.14. The number of hydrogen-bond acceptors (Lipinski definition) is 0. The summed E-state index contributed by atoms with van der Waals surface area (Å²) in [7, 11) is 0. The molecule has 0 fully saturated rings. The molecular formula is C12H19B. The van der Waals surface area contributed by atoms with Crippen LogP contribution in [-0.4, -0.2) is 12.9 Å². The van der Waals surface area contributed by atoms with E-state index in [1.807, 2.05) is 19.0 Å². The zero-order valence-electron chi connectivity index (χ0n) is 9.01. The van der Waals surface area contributed by atoms with E-state index in [-0.39, 0.29) is 5.41 Å². The first kappa shape index (κ1) is 12.2. The van der Waals surface area contributed by atoms with Crippen molar-refractivity contribution in [3.05, 3.63) is 36.9 Å². The van der Waals surface area contributed by atoms with Gasteiger partial charge in [0.2, 0.25) is 0 Å². The van der Waals surface area contributed by atoms with Crippen LogP contribution < -0.4 is 0 Å². The summed E-state index contributed by atoms with van der Waals surface area (Å²) >= 11 is 0. The molecule has 0 saturated carbocycles. The maximum absolute atomic E-state index is 3.83. The van der Waals surface area contributed by atoms with Gasteiger partial charge in [-0.05, 0) is 0 Å². The predicted molar refractivity (Wildman–Crippen MR) is 64.4 cm³/mol. The molecular weight excluding hydrogens is 155 g/mol. The van der Waals surface area contributed by atoms with Crippen LogP contribution in [0.5, 0.6) is 0 Å². The Morgan fingerprint density at radius 3 is 2.38 bits per heavy atom. The average Bonchev–Trinajstić information content (AvgIpc) is 2.12. The first-order chi connectivity index (χ1) is 6.08. The summed E-state index contributed by atoms with van der Waals surface area (Å²) in [6.45, 7) is 16.0. The Kier molecular flexibility index (Phi) is 5.37. The summed E-state index contributed by atoms with van der Waals surface area (Å²) < 4.78 is 0. The van der Waals surface area contributed by atoms with Crippen molar-refractivity contribution in [1.29, 1.82) is 0 Å². The van der Waals surface area contributed by atoms with Crippen LogP contribution in [0.3, 0.4) is 0 Å². The number of allylic oxidation sites excluding steroid dienone is 3. The Morgan fingerprint density at radius 2 is 2.00 bits per heavy atom. The van der Waals surface area contributed by atoms with E-state index in [1.165, 1.54) is 5.57 Å². The van der Waals surface area contributed by atoms with E-state index in [0.717, 1.165) is 6.42 Å². The number of hydrogen-bond donors (Lipinski definition) is 0. The molecule has 0 aliphatic rings. The van der Waals surface area contributed by atoms with Gasteiger partial charge in [0.1, 0.15) is 0 Å². The van der Waals surface area contributed by atoms with Crippen molar-refractivity contribution < 1.29 is 0 Å². The van der Waals surface area contributed by atoms with Crippen LogP contribution in [0.25, 0.3) is 0 Å². The zero-order valence-corrected chi connectivity index (χ0v) is 9.01.